The number of carbonyl (C=O) groups is 1. The molecule has 0 atom stereocenters. The molecule has 0 aromatic carbocycles. The molecule has 0 fully saturated rings. The van der Waals surface area contributed by atoms with E-state index < -0.39 is 25.7 Å². The zero-order valence-corrected chi connectivity index (χ0v) is 13.1. The number of tetrazole rings is 1. The van der Waals surface area contributed by atoms with Gasteiger partial charge in [-0.05, 0) is 5.21 Å². The Morgan fingerprint density at radius 3 is 2.12 bits per heavy atom. The average molecular weight is 334 g/mol. The van der Waals surface area contributed by atoms with E-state index in [9.17, 15) is 4.79 Å². The SMILES string of the molecule is CC(=O)Oc1nn[nH]n1.C[CH2][Sn]([CH2]C)[CH2]C. The van der Waals surface area contributed by atoms with Gasteiger partial charge in [-0.2, -0.15) is 5.21 Å². The molecule has 16 heavy (non-hydrogen) atoms. The average Bonchev–Trinajstić information content (AvgIpc) is 2.73. The predicted molar refractivity (Wildman–Crippen MR) is 62.7 cm³/mol. The van der Waals surface area contributed by atoms with Crippen LogP contribution < -0.4 is 4.74 Å². The van der Waals surface area contributed by atoms with E-state index in [0.717, 1.165) is 0 Å². The van der Waals surface area contributed by atoms with Gasteiger partial charge in [-0.1, -0.05) is 10.2 Å². The summed E-state index contributed by atoms with van der Waals surface area (Å²) in [5.74, 6) is -0.462. The third-order valence-corrected chi connectivity index (χ3v) is 10.6. The van der Waals surface area contributed by atoms with Crippen LogP contribution in [0.5, 0.6) is 6.01 Å². The van der Waals surface area contributed by atoms with Crippen LogP contribution in [-0.4, -0.2) is 46.4 Å². The summed E-state index contributed by atoms with van der Waals surface area (Å²) < 4.78 is 9.05. The minimum atomic E-state index is -0.653. The number of aromatic amines is 1. The topological polar surface area (TPSA) is 80.8 Å². The first-order valence-corrected chi connectivity index (χ1v) is 11.4. The maximum atomic E-state index is 10.2. The Hall–Kier alpha value is -0.661. The van der Waals surface area contributed by atoms with Crippen LogP contribution in [0.2, 0.25) is 13.3 Å². The Balaban J connectivity index is 0.000000293. The van der Waals surface area contributed by atoms with Crippen LogP contribution in [0.25, 0.3) is 0 Å². The molecule has 0 unspecified atom stereocenters. The van der Waals surface area contributed by atoms with E-state index in [-0.39, 0.29) is 6.01 Å². The Kier molecular flexibility index (Phi) is 9.16. The summed E-state index contributed by atoms with van der Waals surface area (Å²) >= 11 is -0.653. The number of hydrogen-bond donors (Lipinski definition) is 1. The molecule has 1 aromatic rings. The third-order valence-electron chi connectivity index (χ3n) is 2.06. The number of hydrogen-bond acceptors (Lipinski definition) is 5. The first-order chi connectivity index (χ1) is 7.63. The van der Waals surface area contributed by atoms with Crippen LogP contribution in [0.1, 0.15) is 27.7 Å². The van der Waals surface area contributed by atoms with Crippen LogP contribution >= 0.6 is 0 Å². The van der Waals surface area contributed by atoms with Crippen molar-refractivity contribution in [1.82, 2.24) is 20.6 Å². The van der Waals surface area contributed by atoms with Crippen LogP contribution in [-0.2, 0) is 4.79 Å². The number of esters is 1. The second-order valence-corrected chi connectivity index (χ2v) is 13.4. The van der Waals surface area contributed by atoms with Gasteiger partial charge >= 0.3 is 65.8 Å². The molecule has 0 aliphatic carbocycles. The summed E-state index contributed by atoms with van der Waals surface area (Å²) in [6.45, 7) is 8.31. The number of rotatable bonds is 4. The van der Waals surface area contributed by atoms with Crippen LogP contribution in [0.15, 0.2) is 0 Å². The first-order valence-electron chi connectivity index (χ1n) is 5.39. The molecule has 0 bridgehead atoms. The molecule has 1 N–H and O–H groups in total. The van der Waals surface area contributed by atoms with Gasteiger partial charge < -0.3 is 4.74 Å². The zero-order chi connectivity index (χ0) is 12.4. The fourth-order valence-electron chi connectivity index (χ4n) is 1.07. The Morgan fingerprint density at radius 1 is 1.31 bits per heavy atom. The molecule has 7 heteroatoms. The van der Waals surface area contributed by atoms with Gasteiger partial charge in [-0.3, -0.25) is 4.79 Å². The standard InChI is InChI=1S/C3H4N4O2.3C2H5.Sn/c1-2(8)9-3-4-6-7-5-3;3*1-2;/h1H3,(H,4,5,6,7);3*1H2,2H3;. The zero-order valence-electron chi connectivity index (χ0n) is 10.3. The quantitative estimate of drug-likeness (QED) is 0.669. The predicted octanol–water partition coefficient (Wildman–Crippen LogP) is 1.67. The summed E-state index contributed by atoms with van der Waals surface area (Å²) in [5, 5.41) is 12.0. The maximum absolute atomic E-state index is 10.2. The first kappa shape index (κ1) is 15.3. The molecule has 0 saturated heterocycles. The van der Waals surface area contributed by atoms with Crippen molar-refractivity contribution in [3.05, 3.63) is 0 Å². The fraction of sp³-hybridized carbons (Fsp3) is 0.778. The Bertz CT molecular complexity index is 270. The number of ether oxygens (including phenoxy) is 1. The Morgan fingerprint density at radius 2 is 1.88 bits per heavy atom. The van der Waals surface area contributed by atoms with E-state index in [1.807, 2.05) is 0 Å². The second kappa shape index (κ2) is 9.56. The summed E-state index contributed by atoms with van der Waals surface area (Å²) in [6, 6.07) is -0.0532. The van der Waals surface area contributed by atoms with Crippen molar-refractivity contribution in [2.45, 2.75) is 41.0 Å². The van der Waals surface area contributed by atoms with Gasteiger partial charge in [0.15, 0.2) is 0 Å². The van der Waals surface area contributed by atoms with E-state index in [2.05, 4.69) is 46.1 Å². The molecule has 1 rings (SSSR count). The molecule has 6 nitrogen and oxygen atoms in total. The van der Waals surface area contributed by atoms with Crippen molar-refractivity contribution in [3.63, 3.8) is 0 Å². The van der Waals surface area contributed by atoms with Gasteiger partial charge in [0, 0.05) is 6.92 Å². The van der Waals surface area contributed by atoms with Gasteiger partial charge in [-0.25, -0.2) is 0 Å². The Labute approximate surface area is 103 Å². The molecular formula is C9H19N4O2Sn. The molecule has 1 aromatic heterocycles. The number of H-pyrrole nitrogens is 1. The summed E-state index contributed by atoms with van der Waals surface area (Å²) in [7, 11) is 0. The molecule has 0 amide bonds. The number of carbonyl (C=O) groups excluding carboxylic acids is 1. The monoisotopic (exact) mass is 335 g/mol. The van der Waals surface area contributed by atoms with Crippen LogP contribution in [0.4, 0.5) is 0 Å². The van der Waals surface area contributed by atoms with Crippen LogP contribution in [0, 0.1) is 0 Å². The minimum absolute atomic E-state index is 0.0532. The normalized spacial score (nSPS) is 9.56. The summed E-state index contributed by atoms with van der Waals surface area (Å²) in [6.07, 6.45) is 0. The molecule has 0 aliphatic heterocycles. The van der Waals surface area contributed by atoms with Gasteiger partial charge in [0.2, 0.25) is 0 Å². The van der Waals surface area contributed by atoms with Gasteiger partial charge in [0.1, 0.15) is 0 Å². The molecule has 1 heterocycles. The van der Waals surface area contributed by atoms with Crippen molar-refractivity contribution in [2.24, 2.45) is 0 Å². The number of aromatic nitrogens is 4. The van der Waals surface area contributed by atoms with Gasteiger partial charge in [-0.15, -0.1) is 0 Å². The molecule has 0 aliphatic rings. The van der Waals surface area contributed by atoms with Crippen molar-refractivity contribution < 1.29 is 9.53 Å². The van der Waals surface area contributed by atoms with E-state index in [1.165, 1.54) is 6.92 Å². The van der Waals surface area contributed by atoms with Crippen LogP contribution in [0.3, 0.4) is 0 Å². The van der Waals surface area contributed by atoms with Gasteiger partial charge in [0.25, 0.3) is 0 Å². The van der Waals surface area contributed by atoms with Gasteiger partial charge in [0.05, 0.1) is 0 Å². The van der Waals surface area contributed by atoms with E-state index in [0.29, 0.717) is 0 Å². The molecule has 0 spiro atoms. The van der Waals surface area contributed by atoms with E-state index in [4.69, 9.17) is 0 Å². The molecule has 91 valence electrons. The third kappa shape index (κ3) is 7.61. The van der Waals surface area contributed by atoms with Crippen molar-refractivity contribution in [2.75, 3.05) is 0 Å². The van der Waals surface area contributed by atoms with Crippen molar-refractivity contribution >= 4 is 25.7 Å². The van der Waals surface area contributed by atoms with E-state index in [1.54, 1.807) is 13.3 Å². The van der Waals surface area contributed by atoms with Crippen molar-refractivity contribution in [1.29, 1.82) is 0 Å². The van der Waals surface area contributed by atoms with E-state index >= 15 is 0 Å². The molecular weight excluding hydrogens is 315 g/mol. The number of nitrogens with one attached hydrogen (secondary N) is 1. The molecule has 1 radical (unpaired) electrons. The second-order valence-electron chi connectivity index (χ2n) is 3.10. The van der Waals surface area contributed by atoms with Crippen molar-refractivity contribution in [3.8, 4) is 6.01 Å². The number of nitrogens with zero attached hydrogens (tertiary/aromatic N) is 3. The molecule has 0 saturated carbocycles. The summed E-state index contributed by atoms with van der Waals surface area (Å²) in [5.41, 5.74) is 0. The summed E-state index contributed by atoms with van der Waals surface area (Å²) in [4.78, 5) is 10.2. The fourth-order valence-corrected chi connectivity index (χ4v) is 5.36.